The fourth-order valence-corrected chi connectivity index (χ4v) is 3.10. The van der Waals surface area contributed by atoms with Crippen molar-refractivity contribution < 1.29 is 37.3 Å². The molecule has 2 aromatic rings. The van der Waals surface area contributed by atoms with Gasteiger partial charge in [-0.05, 0) is 50.1 Å². The van der Waals surface area contributed by atoms with Gasteiger partial charge in [-0.1, -0.05) is 24.3 Å². The van der Waals surface area contributed by atoms with Gasteiger partial charge in [0.1, 0.15) is 6.61 Å². The maximum absolute atomic E-state index is 13.2. The second kappa shape index (κ2) is 11.4. The zero-order valence-electron chi connectivity index (χ0n) is 18.6. The molecule has 0 heterocycles. The molecule has 0 aliphatic rings. The summed E-state index contributed by atoms with van der Waals surface area (Å²) in [6.07, 6.45) is -3.07. The zero-order valence-corrected chi connectivity index (χ0v) is 18.6. The van der Waals surface area contributed by atoms with E-state index in [4.69, 9.17) is 14.6 Å². The van der Waals surface area contributed by atoms with E-state index >= 15 is 0 Å². The number of hydrogen-bond donors (Lipinski definition) is 1. The SMILES string of the molecule is CCN(CC)C(=O)C=C(C)c1ccc(OCc2ccccc2C(F)(F)F)c(OCC(=O)O)c1. The minimum absolute atomic E-state index is 0.0439. The molecular formula is C24H26F3NO5. The summed E-state index contributed by atoms with van der Waals surface area (Å²) in [4.78, 5) is 25.0. The van der Waals surface area contributed by atoms with E-state index in [1.807, 2.05) is 13.8 Å². The van der Waals surface area contributed by atoms with Crippen molar-refractivity contribution in [2.75, 3.05) is 19.7 Å². The van der Waals surface area contributed by atoms with Gasteiger partial charge in [0.25, 0.3) is 0 Å². The van der Waals surface area contributed by atoms with Gasteiger partial charge in [0.05, 0.1) is 5.56 Å². The standard InChI is InChI=1S/C24H26F3NO5/c1-4-28(5-2)22(29)12-16(3)17-10-11-20(21(13-17)33-15-23(30)31)32-14-18-8-6-7-9-19(18)24(25,26)27/h6-13H,4-5,14-15H2,1-3H3,(H,30,31). The van der Waals surface area contributed by atoms with Gasteiger partial charge < -0.3 is 19.5 Å². The van der Waals surface area contributed by atoms with Gasteiger partial charge in [-0.3, -0.25) is 4.79 Å². The average Bonchev–Trinajstić information content (AvgIpc) is 2.76. The highest BCUT2D eigenvalue weighted by molar-refractivity contribution is 5.95. The van der Waals surface area contributed by atoms with Crippen molar-refractivity contribution in [2.24, 2.45) is 0 Å². The molecule has 6 nitrogen and oxygen atoms in total. The number of likely N-dealkylation sites (N-methyl/N-ethyl adjacent to an activating group) is 1. The fraction of sp³-hybridized carbons (Fsp3) is 0.333. The molecule has 2 aromatic carbocycles. The number of hydrogen-bond acceptors (Lipinski definition) is 4. The highest BCUT2D eigenvalue weighted by atomic mass is 19.4. The number of aliphatic carboxylic acids is 1. The van der Waals surface area contributed by atoms with Crippen LogP contribution in [0, 0.1) is 0 Å². The molecule has 1 amide bonds. The normalized spacial score (nSPS) is 11.8. The van der Waals surface area contributed by atoms with Crippen LogP contribution in [0.1, 0.15) is 37.5 Å². The van der Waals surface area contributed by atoms with Crippen molar-refractivity contribution in [1.29, 1.82) is 0 Å². The van der Waals surface area contributed by atoms with Crippen LogP contribution >= 0.6 is 0 Å². The van der Waals surface area contributed by atoms with Crippen LogP contribution in [0.15, 0.2) is 48.5 Å². The largest absolute Gasteiger partial charge is 0.485 e. The number of carbonyl (C=O) groups is 2. The quantitative estimate of drug-likeness (QED) is 0.499. The van der Waals surface area contributed by atoms with Gasteiger partial charge in [0.15, 0.2) is 18.1 Å². The third kappa shape index (κ3) is 7.27. The Morgan fingerprint density at radius 2 is 1.70 bits per heavy atom. The molecule has 0 saturated heterocycles. The molecule has 0 saturated carbocycles. The second-order valence-electron chi connectivity index (χ2n) is 7.13. The molecular weight excluding hydrogens is 439 g/mol. The Morgan fingerprint density at radius 1 is 1.03 bits per heavy atom. The van der Waals surface area contributed by atoms with Gasteiger partial charge in [0, 0.05) is 24.7 Å². The van der Waals surface area contributed by atoms with E-state index in [0.717, 1.165) is 6.07 Å². The van der Waals surface area contributed by atoms with Crippen LogP contribution in [-0.2, 0) is 22.4 Å². The summed E-state index contributed by atoms with van der Waals surface area (Å²) in [7, 11) is 0. The number of carboxylic acid groups (broad SMARTS) is 1. The molecule has 0 aliphatic carbocycles. The lowest BCUT2D eigenvalue weighted by atomic mass is 10.1. The summed E-state index contributed by atoms with van der Waals surface area (Å²) in [5, 5.41) is 8.96. The van der Waals surface area contributed by atoms with E-state index in [2.05, 4.69) is 0 Å². The van der Waals surface area contributed by atoms with Crippen molar-refractivity contribution in [2.45, 2.75) is 33.6 Å². The summed E-state index contributed by atoms with van der Waals surface area (Å²) >= 11 is 0. The molecule has 0 aliphatic heterocycles. The van der Waals surface area contributed by atoms with E-state index in [-0.39, 0.29) is 23.0 Å². The molecule has 0 fully saturated rings. The fourth-order valence-electron chi connectivity index (χ4n) is 3.10. The summed E-state index contributed by atoms with van der Waals surface area (Å²) < 4.78 is 50.6. The number of amides is 1. The predicted octanol–water partition coefficient (Wildman–Crippen LogP) is 5.02. The molecule has 0 unspecified atom stereocenters. The number of nitrogens with zero attached hydrogens (tertiary/aromatic N) is 1. The number of allylic oxidation sites excluding steroid dienone is 1. The van der Waals surface area contributed by atoms with Crippen LogP contribution in [0.5, 0.6) is 11.5 Å². The maximum atomic E-state index is 13.2. The first kappa shape index (κ1) is 25.8. The summed E-state index contributed by atoms with van der Waals surface area (Å²) in [5.41, 5.74) is 0.308. The Balaban J connectivity index is 2.32. The summed E-state index contributed by atoms with van der Waals surface area (Å²) in [5.74, 6) is -1.27. The number of ether oxygens (including phenoxy) is 2. The molecule has 9 heteroatoms. The number of carboxylic acids is 1. The first-order valence-electron chi connectivity index (χ1n) is 10.3. The lowest BCUT2D eigenvalue weighted by Crippen LogP contribution is -2.28. The summed E-state index contributed by atoms with van der Waals surface area (Å²) in [6.45, 7) is 5.50. The van der Waals surface area contributed by atoms with E-state index in [0.29, 0.717) is 24.2 Å². The molecule has 0 aromatic heterocycles. The smallest absolute Gasteiger partial charge is 0.416 e. The molecule has 178 valence electrons. The number of alkyl halides is 3. The summed E-state index contributed by atoms with van der Waals surface area (Å²) in [6, 6.07) is 9.62. The molecule has 33 heavy (non-hydrogen) atoms. The van der Waals surface area contributed by atoms with Crippen molar-refractivity contribution >= 4 is 17.4 Å². The first-order chi connectivity index (χ1) is 15.6. The van der Waals surface area contributed by atoms with E-state index in [1.165, 1.54) is 36.4 Å². The number of benzene rings is 2. The molecule has 2 rings (SSSR count). The monoisotopic (exact) mass is 465 g/mol. The van der Waals surface area contributed by atoms with Crippen molar-refractivity contribution in [3.05, 3.63) is 65.2 Å². The topological polar surface area (TPSA) is 76.1 Å². The number of carbonyl (C=O) groups excluding carboxylic acids is 1. The van der Waals surface area contributed by atoms with E-state index in [9.17, 15) is 22.8 Å². The van der Waals surface area contributed by atoms with Gasteiger partial charge in [-0.2, -0.15) is 13.2 Å². The van der Waals surface area contributed by atoms with Gasteiger partial charge in [-0.25, -0.2) is 4.79 Å². The van der Waals surface area contributed by atoms with Crippen LogP contribution in [0.4, 0.5) is 13.2 Å². The molecule has 0 bridgehead atoms. The number of halogens is 3. The minimum atomic E-state index is -4.54. The van der Waals surface area contributed by atoms with Crippen LogP contribution in [0.25, 0.3) is 5.57 Å². The Hall–Kier alpha value is -3.49. The van der Waals surface area contributed by atoms with Gasteiger partial charge in [0.2, 0.25) is 5.91 Å². The minimum Gasteiger partial charge on any atom is -0.485 e. The third-order valence-electron chi connectivity index (χ3n) is 4.87. The average molecular weight is 465 g/mol. The highest BCUT2D eigenvalue weighted by Crippen LogP contribution is 2.35. The first-order valence-corrected chi connectivity index (χ1v) is 10.3. The van der Waals surface area contributed by atoms with Crippen LogP contribution < -0.4 is 9.47 Å². The van der Waals surface area contributed by atoms with Crippen molar-refractivity contribution in [1.82, 2.24) is 4.90 Å². The Morgan fingerprint density at radius 3 is 2.30 bits per heavy atom. The Bertz CT molecular complexity index is 1010. The highest BCUT2D eigenvalue weighted by Gasteiger charge is 2.33. The second-order valence-corrected chi connectivity index (χ2v) is 7.13. The van der Waals surface area contributed by atoms with Crippen LogP contribution in [0.2, 0.25) is 0 Å². The third-order valence-corrected chi connectivity index (χ3v) is 4.87. The lowest BCUT2D eigenvalue weighted by molar-refractivity contribution is -0.140. The van der Waals surface area contributed by atoms with E-state index < -0.39 is 30.9 Å². The van der Waals surface area contributed by atoms with Crippen molar-refractivity contribution in [3.63, 3.8) is 0 Å². The zero-order chi connectivity index (χ0) is 24.6. The van der Waals surface area contributed by atoms with E-state index in [1.54, 1.807) is 17.9 Å². The molecule has 0 radical (unpaired) electrons. The van der Waals surface area contributed by atoms with Gasteiger partial charge >= 0.3 is 12.1 Å². The number of rotatable bonds is 10. The Kier molecular flexibility index (Phi) is 8.90. The molecule has 0 spiro atoms. The van der Waals surface area contributed by atoms with Crippen LogP contribution in [0.3, 0.4) is 0 Å². The van der Waals surface area contributed by atoms with Crippen LogP contribution in [-0.4, -0.2) is 41.6 Å². The van der Waals surface area contributed by atoms with Crippen molar-refractivity contribution in [3.8, 4) is 11.5 Å². The lowest BCUT2D eigenvalue weighted by Gasteiger charge is -2.18. The Labute approximate surface area is 190 Å². The maximum Gasteiger partial charge on any atom is 0.416 e. The van der Waals surface area contributed by atoms with Gasteiger partial charge in [-0.15, -0.1) is 0 Å². The molecule has 0 atom stereocenters. The predicted molar refractivity (Wildman–Crippen MR) is 117 cm³/mol. The molecule has 1 N–H and O–H groups in total.